The Morgan fingerprint density at radius 2 is 1.49 bits per heavy atom. The van der Waals surface area contributed by atoms with E-state index in [4.69, 9.17) is 21.7 Å². The first kappa shape index (κ1) is 26.1. The molecule has 0 spiro atoms. The maximum atomic E-state index is 13.1. The topological polar surface area (TPSA) is 83.1 Å². The summed E-state index contributed by atoms with van der Waals surface area (Å²) in [6, 6.07) is 23.5. The molecule has 2 N–H and O–H groups in total. The lowest BCUT2D eigenvalue weighted by atomic mass is 10.1. The van der Waals surface area contributed by atoms with E-state index in [0.717, 1.165) is 18.8 Å². The fourth-order valence-electron chi connectivity index (χ4n) is 3.85. The molecule has 0 saturated carbocycles. The molecule has 1 heterocycles. The van der Waals surface area contributed by atoms with Crippen molar-refractivity contribution in [1.82, 2.24) is 15.1 Å². The Kier molecular flexibility index (Phi) is 9.07. The third-order valence-electron chi connectivity index (χ3n) is 5.88. The summed E-state index contributed by atoms with van der Waals surface area (Å²) in [5, 5.41) is 5.79. The van der Waals surface area contributed by atoms with E-state index >= 15 is 0 Å². The van der Waals surface area contributed by atoms with Gasteiger partial charge in [-0.05, 0) is 61.7 Å². The number of benzene rings is 3. The number of piperazine rings is 1. The smallest absolute Gasteiger partial charge is 0.257 e. The molecule has 0 unspecified atom stereocenters. The molecule has 0 aliphatic carbocycles. The Morgan fingerprint density at radius 3 is 2.24 bits per heavy atom. The number of thiocarbonyl (C=S) groups is 1. The Balaban J connectivity index is 1.30. The van der Waals surface area contributed by atoms with Gasteiger partial charge in [0.15, 0.2) is 5.11 Å². The van der Waals surface area contributed by atoms with Gasteiger partial charge in [-0.3, -0.25) is 14.9 Å². The van der Waals surface area contributed by atoms with Crippen LogP contribution in [0.4, 0.5) is 5.69 Å². The van der Waals surface area contributed by atoms with Gasteiger partial charge in [-0.2, -0.15) is 0 Å². The van der Waals surface area contributed by atoms with Crippen LogP contribution < -0.4 is 20.1 Å². The van der Waals surface area contributed by atoms with Crippen LogP contribution in [-0.4, -0.2) is 73.2 Å². The van der Waals surface area contributed by atoms with E-state index in [9.17, 15) is 9.59 Å². The summed E-state index contributed by atoms with van der Waals surface area (Å²) in [5.74, 6) is 0.871. The van der Waals surface area contributed by atoms with Crippen LogP contribution in [-0.2, 0) is 0 Å². The summed E-state index contributed by atoms with van der Waals surface area (Å²) < 4.78 is 11.4. The van der Waals surface area contributed by atoms with E-state index in [1.807, 2.05) is 54.4 Å². The zero-order chi connectivity index (χ0) is 26.0. The highest BCUT2D eigenvalue weighted by molar-refractivity contribution is 7.80. The highest BCUT2D eigenvalue weighted by atomic mass is 32.1. The quantitative estimate of drug-likeness (QED) is 0.348. The van der Waals surface area contributed by atoms with Crippen LogP contribution in [0.5, 0.6) is 11.5 Å². The number of ether oxygens (including phenoxy) is 2. The maximum absolute atomic E-state index is 13.1. The zero-order valence-electron chi connectivity index (χ0n) is 20.7. The molecule has 0 aromatic heterocycles. The standard InChI is InChI=1S/C28H30N4O4S/c1-31-14-16-32(17-15-31)27(34)24-12-5-6-13-25(24)29-28(37)30-26(33)21-8-7-11-23(20-21)36-19-18-35-22-9-3-2-4-10-22/h2-13,20H,14-19H2,1H3,(H2,29,30,33,37). The first-order chi connectivity index (χ1) is 18.0. The van der Waals surface area contributed by atoms with Gasteiger partial charge in [0.1, 0.15) is 24.7 Å². The van der Waals surface area contributed by atoms with Crippen LogP contribution in [0.3, 0.4) is 0 Å². The number of hydrogen-bond donors (Lipinski definition) is 2. The van der Waals surface area contributed by atoms with Crippen molar-refractivity contribution in [3.8, 4) is 11.5 Å². The van der Waals surface area contributed by atoms with Crippen LogP contribution in [0.25, 0.3) is 0 Å². The molecule has 2 amide bonds. The highest BCUT2D eigenvalue weighted by Gasteiger charge is 2.22. The SMILES string of the molecule is CN1CCN(C(=O)c2ccccc2NC(=S)NC(=O)c2cccc(OCCOc3ccccc3)c2)CC1. The molecule has 0 radical (unpaired) electrons. The van der Waals surface area contributed by atoms with Crippen molar-refractivity contribution in [2.45, 2.75) is 0 Å². The van der Waals surface area contributed by atoms with Gasteiger partial charge in [0.25, 0.3) is 11.8 Å². The van der Waals surface area contributed by atoms with Crippen LogP contribution in [0, 0.1) is 0 Å². The van der Waals surface area contributed by atoms with Gasteiger partial charge in [0, 0.05) is 31.7 Å². The minimum Gasteiger partial charge on any atom is -0.490 e. The molecule has 9 heteroatoms. The molecule has 8 nitrogen and oxygen atoms in total. The van der Waals surface area contributed by atoms with Gasteiger partial charge >= 0.3 is 0 Å². The minimum absolute atomic E-state index is 0.0635. The normalized spacial score (nSPS) is 13.5. The third kappa shape index (κ3) is 7.52. The molecular weight excluding hydrogens is 488 g/mol. The molecule has 1 saturated heterocycles. The van der Waals surface area contributed by atoms with E-state index in [1.165, 1.54) is 0 Å². The summed E-state index contributed by atoms with van der Waals surface area (Å²) >= 11 is 5.37. The predicted molar refractivity (Wildman–Crippen MR) is 147 cm³/mol. The van der Waals surface area contributed by atoms with Gasteiger partial charge in [-0.15, -0.1) is 0 Å². The number of carbonyl (C=O) groups excluding carboxylic acids is 2. The van der Waals surface area contributed by atoms with Gasteiger partial charge in [-0.1, -0.05) is 36.4 Å². The van der Waals surface area contributed by atoms with Crippen molar-refractivity contribution in [3.63, 3.8) is 0 Å². The fraction of sp³-hybridized carbons (Fsp3) is 0.250. The number of nitrogens with zero attached hydrogens (tertiary/aromatic N) is 2. The number of rotatable bonds is 8. The predicted octanol–water partition coefficient (Wildman–Crippen LogP) is 3.66. The number of nitrogens with one attached hydrogen (secondary N) is 2. The molecule has 37 heavy (non-hydrogen) atoms. The number of hydrogen-bond acceptors (Lipinski definition) is 6. The minimum atomic E-state index is -0.383. The Labute approximate surface area is 222 Å². The molecule has 1 fully saturated rings. The summed E-state index contributed by atoms with van der Waals surface area (Å²) in [6.07, 6.45) is 0. The zero-order valence-corrected chi connectivity index (χ0v) is 21.5. The average Bonchev–Trinajstić information content (AvgIpc) is 2.92. The first-order valence-electron chi connectivity index (χ1n) is 12.1. The van der Waals surface area contributed by atoms with Crippen molar-refractivity contribution >= 4 is 34.8 Å². The molecule has 1 aliphatic rings. The number of para-hydroxylation sites is 2. The number of carbonyl (C=O) groups is 2. The fourth-order valence-corrected chi connectivity index (χ4v) is 4.05. The number of likely N-dealkylation sites (N-methyl/N-ethyl adjacent to an activating group) is 1. The van der Waals surface area contributed by atoms with Gasteiger partial charge in [0.2, 0.25) is 0 Å². The van der Waals surface area contributed by atoms with E-state index in [1.54, 1.807) is 36.4 Å². The molecule has 0 bridgehead atoms. The average molecular weight is 519 g/mol. The summed E-state index contributed by atoms with van der Waals surface area (Å²) in [4.78, 5) is 29.9. The molecule has 3 aromatic rings. The first-order valence-corrected chi connectivity index (χ1v) is 12.5. The van der Waals surface area contributed by atoms with Gasteiger partial charge in [-0.25, -0.2) is 0 Å². The summed E-state index contributed by atoms with van der Waals surface area (Å²) in [7, 11) is 2.04. The van der Waals surface area contributed by atoms with Gasteiger partial charge < -0.3 is 24.6 Å². The van der Waals surface area contributed by atoms with Crippen molar-refractivity contribution < 1.29 is 19.1 Å². The highest BCUT2D eigenvalue weighted by Crippen LogP contribution is 2.19. The van der Waals surface area contributed by atoms with Crippen molar-refractivity contribution in [3.05, 3.63) is 90.0 Å². The lowest BCUT2D eigenvalue weighted by Crippen LogP contribution is -2.47. The maximum Gasteiger partial charge on any atom is 0.257 e. The van der Waals surface area contributed by atoms with Crippen molar-refractivity contribution in [2.24, 2.45) is 0 Å². The van der Waals surface area contributed by atoms with Crippen LogP contribution in [0.2, 0.25) is 0 Å². The second-order valence-electron chi connectivity index (χ2n) is 8.59. The Morgan fingerprint density at radius 1 is 0.838 bits per heavy atom. The molecule has 0 atom stereocenters. The van der Waals surface area contributed by atoms with E-state index < -0.39 is 0 Å². The van der Waals surface area contributed by atoms with Crippen LogP contribution >= 0.6 is 12.2 Å². The van der Waals surface area contributed by atoms with Gasteiger partial charge in [0.05, 0.1) is 11.3 Å². The van der Waals surface area contributed by atoms with Crippen LogP contribution in [0.1, 0.15) is 20.7 Å². The number of amides is 2. The molecule has 1 aliphatic heterocycles. The van der Waals surface area contributed by atoms with Crippen molar-refractivity contribution in [1.29, 1.82) is 0 Å². The molecule has 3 aromatic carbocycles. The molecular formula is C28H30N4O4S. The molecule has 4 rings (SSSR count). The molecule has 192 valence electrons. The van der Waals surface area contributed by atoms with Crippen LogP contribution in [0.15, 0.2) is 78.9 Å². The summed E-state index contributed by atoms with van der Waals surface area (Å²) in [5.41, 5.74) is 1.46. The monoisotopic (exact) mass is 518 g/mol. The Bertz CT molecular complexity index is 1230. The van der Waals surface area contributed by atoms with Crippen molar-refractivity contribution in [2.75, 3.05) is 51.8 Å². The third-order valence-corrected chi connectivity index (χ3v) is 6.09. The van der Waals surface area contributed by atoms with E-state index in [0.29, 0.717) is 48.9 Å². The largest absolute Gasteiger partial charge is 0.490 e. The Hall–Kier alpha value is -3.95. The van der Waals surface area contributed by atoms with E-state index in [2.05, 4.69) is 15.5 Å². The van der Waals surface area contributed by atoms with E-state index in [-0.39, 0.29) is 16.9 Å². The lowest BCUT2D eigenvalue weighted by Gasteiger charge is -2.32. The second kappa shape index (κ2) is 12.8. The summed E-state index contributed by atoms with van der Waals surface area (Å²) in [6.45, 7) is 3.71. The second-order valence-corrected chi connectivity index (χ2v) is 9.00. The lowest BCUT2D eigenvalue weighted by molar-refractivity contribution is 0.0665. The number of anilines is 1.